The van der Waals surface area contributed by atoms with E-state index < -0.39 is 27.8 Å². The molecule has 0 heterocycles. The molecule has 3 rings (SSSR count). The molecule has 1 aliphatic carbocycles. The summed E-state index contributed by atoms with van der Waals surface area (Å²) in [5.41, 5.74) is 0.665. The first kappa shape index (κ1) is 18.0. The first-order valence-corrected chi connectivity index (χ1v) is 9.59. The lowest BCUT2D eigenvalue weighted by molar-refractivity contribution is 0.117. The van der Waals surface area contributed by atoms with Gasteiger partial charge in [-0.1, -0.05) is 12.1 Å². The smallest absolute Gasteiger partial charge is 0.240 e. The van der Waals surface area contributed by atoms with Gasteiger partial charge in [0.25, 0.3) is 0 Å². The van der Waals surface area contributed by atoms with Crippen molar-refractivity contribution in [2.75, 3.05) is 0 Å². The summed E-state index contributed by atoms with van der Waals surface area (Å²) < 4.78 is 54.3. The van der Waals surface area contributed by atoms with Gasteiger partial charge in [-0.25, -0.2) is 21.9 Å². The molecule has 1 saturated carbocycles. The maximum Gasteiger partial charge on any atom is 0.240 e. The second-order valence-corrected chi connectivity index (χ2v) is 8.00. The molecular formula is C18H19F2NO3S. The largest absolute Gasteiger partial charge is 0.393 e. The predicted octanol–water partition coefficient (Wildman–Crippen LogP) is 3.21. The van der Waals surface area contributed by atoms with Crippen molar-refractivity contribution < 1.29 is 22.3 Å². The molecule has 2 unspecified atom stereocenters. The van der Waals surface area contributed by atoms with Crippen molar-refractivity contribution in [1.82, 2.24) is 4.72 Å². The highest BCUT2D eigenvalue weighted by molar-refractivity contribution is 7.89. The summed E-state index contributed by atoms with van der Waals surface area (Å²) in [6.07, 6.45) is 2.07. The maximum atomic E-state index is 13.8. The molecule has 2 aromatic rings. The zero-order valence-corrected chi connectivity index (χ0v) is 14.3. The lowest BCUT2D eigenvalue weighted by atomic mass is 9.94. The van der Waals surface area contributed by atoms with E-state index in [1.54, 1.807) is 0 Å². The van der Waals surface area contributed by atoms with Crippen molar-refractivity contribution in [3.05, 3.63) is 54.1 Å². The molecule has 25 heavy (non-hydrogen) atoms. The third-order valence-electron chi connectivity index (χ3n) is 4.38. The Labute approximate surface area is 145 Å². The number of benzene rings is 2. The lowest BCUT2D eigenvalue weighted by Gasteiger charge is -2.26. The van der Waals surface area contributed by atoms with Gasteiger partial charge in [0, 0.05) is 17.7 Å². The molecule has 2 aromatic carbocycles. The number of aliphatic hydroxyl groups excluding tert-OH is 1. The van der Waals surface area contributed by atoms with Gasteiger partial charge in [-0.05, 0) is 55.5 Å². The third-order valence-corrected chi connectivity index (χ3v) is 5.91. The minimum Gasteiger partial charge on any atom is -0.393 e. The zero-order chi connectivity index (χ0) is 18.0. The van der Waals surface area contributed by atoms with Crippen molar-refractivity contribution in [2.45, 2.75) is 42.7 Å². The van der Waals surface area contributed by atoms with Gasteiger partial charge in [0.15, 0.2) is 0 Å². The van der Waals surface area contributed by atoms with Crippen LogP contribution in [0, 0.1) is 11.6 Å². The summed E-state index contributed by atoms with van der Waals surface area (Å²) in [5.74, 6) is -1.37. The van der Waals surface area contributed by atoms with Crippen LogP contribution in [-0.4, -0.2) is 25.7 Å². The Morgan fingerprint density at radius 1 is 1.04 bits per heavy atom. The van der Waals surface area contributed by atoms with E-state index in [2.05, 4.69) is 4.72 Å². The van der Waals surface area contributed by atoms with Crippen molar-refractivity contribution in [3.63, 3.8) is 0 Å². The molecule has 0 aliphatic heterocycles. The molecule has 1 fully saturated rings. The van der Waals surface area contributed by atoms with Gasteiger partial charge < -0.3 is 5.11 Å². The fourth-order valence-electron chi connectivity index (χ4n) is 3.10. The third kappa shape index (κ3) is 4.23. The van der Waals surface area contributed by atoms with Crippen LogP contribution in [0.3, 0.4) is 0 Å². The number of aliphatic hydroxyl groups is 1. The van der Waals surface area contributed by atoms with Crippen LogP contribution in [-0.2, 0) is 10.0 Å². The van der Waals surface area contributed by atoms with Gasteiger partial charge in [0.1, 0.15) is 11.6 Å². The molecule has 0 bridgehead atoms. The van der Waals surface area contributed by atoms with E-state index in [9.17, 15) is 22.3 Å². The number of rotatable bonds is 4. The molecule has 0 amide bonds. The Morgan fingerprint density at radius 3 is 2.40 bits per heavy atom. The summed E-state index contributed by atoms with van der Waals surface area (Å²) in [7, 11) is -3.71. The van der Waals surface area contributed by atoms with Crippen molar-refractivity contribution in [1.29, 1.82) is 0 Å². The van der Waals surface area contributed by atoms with E-state index >= 15 is 0 Å². The van der Waals surface area contributed by atoms with Crippen LogP contribution in [0.4, 0.5) is 8.78 Å². The Bertz CT molecular complexity index is 853. The molecule has 4 nitrogen and oxygen atoms in total. The zero-order valence-electron chi connectivity index (χ0n) is 13.5. The van der Waals surface area contributed by atoms with Crippen molar-refractivity contribution >= 4 is 10.0 Å². The van der Waals surface area contributed by atoms with Crippen LogP contribution in [0.1, 0.15) is 25.7 Å². The minimum atomic E-state index is -3.71. The van der Waals surface area contributed by atoms with E-state index in [4.69, 9.17) is 0 Å². The SMILES string of the molecule is O=S(=O)(NC1CCCC(O)C1)c1ccc(-c2ccc(F)cc2F)cc1. The van der Waals surface area contributed by atoms with Gasteiger partial charge in [-0.15, -0.1) is 0 Å². The van der Waals surface area contributed by atoms with Gasteiger partial charge in [-0.2, -0.15) is 0 Å². The van der Waals surface area contributed by atoms with Crippen LogP contribution < -0.4 is 4.72 Å². The van der Waals surface area contributed by atoms with E-state index in [0.29, 0.717) is 24.8 Å². The van der Waals surface area contributed by atoms with Gasteiger partial charge in [0.2, 0.25) is 10.0 Å². The van der Waals surface area contributed by atoms with Gasteiger partial charge in [-0.3, -0.25) is 0 Å². The topological polar surface area (TPSA) is 66.4 Å². The molecule has 0 radical (unpaired) electrons. The normalized spacial score (nSPS) is 21.2. The molecule has 0 saturated heterocycles. The second-order valence-electron chi connectivity index (χ2n) is 6.29. The van der Waals surface area contributed by atoms with E-state index in [-0.39, 0.29) is 16.5 Å². The summed E-state index contributed by atoms with van der Waals surface area (Å²) in [6.45, 7) is 0. The minimum absolute atomic E-state index is 0.0684. The summed E-state index contributed by atoms with van der Waals surface area (Å²) in [5, 5.41) is 9.66. The fourth-order valence-corrected chi connectivity index (χ4v) is 4.38. The van der Waals surface area contributed by atoms with Crippen molar-refractivity contribution in [2.24, 2.45) is 0 Å². The molecule has 0 aromatic heterocycles. The standard InChI is InChI=1S/C18H19F2NO3S/c19-13-6-9-17(18(20)10-13)12-4-7-16(8-5-12)25(23,24)21-14-2-1-3-15(22)11-14/h4-10,14-15,21-22H,1-3,11H2. The average molecular weight is 367 g/mol. The molecule has 134 valence electrons. The van der Waals surface area contributed by atoms with Gasteiger partial charge >= 0.3 is 0 Å². The molecule has 2 N–H and O–H groups in total. The fraction of sp³-hybridized carbons (Fsp3) is 0.333. The second kappa shape index (κ2) is 7.19. The van der Waals surface area contributed by atoms with Crippen LogP contribution in [0.15, 0.2) is 47.4 Å². The highest BCUT2D eigenvalue weighted by Gasteiger charge is 2.25. The van der Waals surface area contributed by atoms with Crippen molar-refractivity contribution in [3.8, 4) is 11.1 Å². The summed E-state index contributed by atoms with van der Waals surface area (Å²) in [4.78, 5) is 0.0684. The average Bonchev–Trinajstić information content (AvgIpc) is 2.54. The number of hydrogen-bond acceptors (Lipinski definition) is 3. The molecule has 7 heteroatoms. The molecule has 2 atom stereocenters. The lowest BCUT2D eigenvalue weighted by Crippen LogP contribution is -2.39. The first-order chi connectivity index (χ1) is 11.8. The van der Waals surface area contributed by atoms with Gasteiger partial charge in [0.05, 0.1) is 11.0 Å². The van der Waals surface area contributed by atoms with Crippen LogP contribution in [0.5, 0.6) is 0 Å². The maximum absolute atomic E-state index is 13.8. The van der Waals surface area contributed by atoms with Crippen LogP contribution >= 0.6 is 0 Å². The van der Waals surface area contributed by atoms with E-state index in [1.165, 1.54) is 30.3 Å². The Morgan fingerprint density at radius 2 is 1.76 bits per heavy atom. The van der Waals surface area contributed by atoms with Crippen LogP contribution in [0.25, 0.3) is 11.1 Å². The highest BCUT2D eigenvalue weighted by atomic mass is 32.2. The molecular weight excluding hydrogens is 348 g/mol. The number of hydrogen-bond donors (Lipinski definition) is 2. The molecule has 1 aliphatic rings. The molecule has 0 spiro atoms. The number of nitrogens with one attached hydrogen (secondary N) is 1. The Balaban J connectivity index is 1.79. The number of halogens is 2. The monoisotopic (exact) mass is 367 g/mol. The Kier molecular flexibility index (Phi) is 5.17. The summed E-state index contributed by atoms with van der Waals surface area (Å²) in [6, 6.07) is 8.72. The highest BCUT2D eigenvalue weighted by Crippen LogP contribution is 2.25. The van der Waals surface area contributed by atoms with E-state index in [0.717, 1.165) is 18.6 Å². The Hall–Kier alpha value is -1.83. The summed E-state index contributed by atoms with van der Waals surface area (Å²) >= 11 is 0. The van der Waals surface area contributed by atoms with Crippen LogP contribution in [0.2, 0.25) is 0 Å². The predicted molar refractivity (Wildman–Crippen MR) is 90.4 cm³/mol. The number of sulfonamides is 1. The first-order valence-electron chi connectivity index (χ1n) is 8.11. The quantitative estimate of drug-likeness (QED) is 0.872. The van der Waals surface area contributed by atoms with E-state index in [1.807, 2.05) is 0 Å².